The summed E-state index contributed by atoms with van der Waals surface area (Å²) >= 11 is 0. The third-order valence-electron chi connectivity index (χ3n) is 4.08. The van der Waals surface area contributed by atoms with Gasteiger partial charge in [0.2, 0.25) is 0 Å². The Hall–Kier alpha value is -0.850. The molecule has 0 spiro atoms. The number of unbranched alkanes of at least 4 members (excludes halogenated alkanes) is 1. The van der Waals surface area contributed by atoms with Crippen LogP contribution in [-0.4, -0.2) is 12.8 Å². The molecule has 1 unspecified atom stereocenters. The van der Waals surface area contributed by atoms with Crippen LogP contribution < -0.4 is 0 Å². The molecule has 0 aromatic carbocycles. The van der Waals surface area contributed by atoms with Gasteiger partial charge in [-0.2, -0.15) is 0 Å². The Kier molecular flexibility index (Phi) is 7.12. The van der Waals surface area contributed by atoms with Gasteiger partial charge < -0.3 is 0 Å². The Bertz CT molecular complexity index is 345. The van der Waals surface area contributed by atoms with Crippen molar-refractivity contribution in [3.05, 3.63) is 23.8 Å². The van der Waals surface area contributed by atoms with Crippen LogP contribution in [0.25, 0.3) is 0 Å². The monoisotopic (exact) mass is 261 g/mol. The number of hydrogen-bond acceptors (Lipinski definition) is 1. The molecule has 0 bridgehead atoms. The molecule has 1 rings (SSSR count). The number of nitrogens with zero attached hydrogens (tertiary/aromatic N) is 1. The van der Waals surface area contributed by atoms with Gasteiger partial charge in [0, 0.05) is 12.8 Å². The van der Waals surface area contributed by atoms with Gasteiger partial charge in [0.25, 0.3) is 0 Å². The fraction of sp³-hybridized carbons (Fsp3) is 0.722. The van der Waals surface area contributed by atoms with Crippen LogP contribution in [0.1, 0.15) is 59.8 Å². The van der Waals surface area contributed by atoms with E-state index in [9.17, 15) is 0 Å². The van der Waals surface area contributed by atoms with E-state index in [2.05, 4.69) is 50.9 Å². The summed E-state index contributed by atoms with van der Waals surface area (Å²) in [6.07, 6.45) is 13.6. The summed E-state index contributed by atoms with van der Waals surface area (Å²) < 4.78 is 0. The molecule has 0 aromatic heterocycles. The SMILES string of the molecule is CN=C(/C=C\CCCC1C=C(C(C)C)CC1)C(C)C. The van der Waals surface area contributed by atoms with Gasteiger partial charge in [0.05, 0.1) is 0 Å². The normalized spacial score (nSPS) is 20.9. The van der Waals surface area contributed by atoms with Gasteiger partial charge in [-0.25, -0.2) is 0 Å². The molecule has 1 atom stereocenters. The molecule has 0 saturated carbocycles. The Labute approximate surface area is 119 Å². The summed E-state index contributed by atoms with van der Waals surface area (Å²) in [6, 6.07) is 0. The molecule has 19 heavy (non-hydrogen) atoms. The summed E-state index contributed by atoms with van der Waals surface area (Å²) in [6.45, 7) is 9.02. The summed E-state index contributed by atoms with van der Waals surface area (Å²) in [5.41, 5.74) is 2.89. The van der Waals surface area contributed by atoms with Crippen LogP contribution in [-0.2, 0) is 0 Å². The molecule has 0 aromatic rings. The smallest absolute Gasteiger partial charge is 0.0367 e. The van der Waals surface area contributed by atoms with Crippen LogP contribution in [0.15, 0.2) is 28.8 Å². The first kappa shape index (κ1) is 16.2. The van der Waals surface area contributed by atoms with Crippen molar-refractivity contribution in [2.45, 2.75) is 59.8 Å². The average Bonchev–Trinajstić information content (AvgIpc) is 2.82. The lowest BCUT2D eigenvalue weighted by molar-refractivity contribution is 0.552. The maximum Gasteiger partial charge on any atom is 0.0367 e. The van der Waals surface area contributed by atoms with Crippen molar-refractivity contribution in [1.29, 1.82) is 0 Å². The molecule has 1 heteroatoms. The maximum absolute atomic E-state index is 4.31. The first-order valence-electron chi connectivity index (χ1n) is 7.88. The highest BCUT2D eigenvalue weighted by atomic mass is 14.7. The van der Waals surface area contributed by atoms with Crippen molar-refractivity contribution >= 4 is 5.71 Å². The van der Waals surface area contributed by atoms with E-state index in [0.717, 1.165) is 11.8 Å². The van der Waals surface area contributed by atoms with Crippen LogP contribution in [0.4, 0.5) is 0 Å². The fourth-order valence-electron chi connectivity index (χ4n) is 2.76. The lowest BCUT2D eigenvalue weighted by atomic mass is 10.0. The summed E-state index contributed by atoms with van der Waals surface area (Å²) in [5, 5.41) is 0. The van der Waals surface area contributed by atoms with Crippen molar-refractivity contribution in [2.24, 2.45) is 22.7 Å². The topological polar surface area (TPSA) is 12.4 Å². The second-order valence-corrected chi connectivity index (χ2v) is 6.33. The number of allylic oxidation sites excluding steroid dienone is 4. The quantitative estimate of drug-likeness (QED) is 0.329. The van der Waals surface area contributed by atoms with E-state index in [-0.39, 0.29) is 0 Å². The molecule has 0 N–H and O–H groups in total. The van der Waals surface area contributed by atoms with Crippen LogP contribution in [0.5, 0.6) is 0 Å². The number of rotatable bonds is 7. The van der Waals surface area contributed by atoms with Gasteiger partial charge >= 0.3 is 0 Å². The molecule has 0 radical (unpaired) electrons. The molecule has 0 saturated heterocycles. The molecule has 108 valence electrons. The Balaban J connectivity index is 2.24. The van der Waals surface area contributed by atoms with Crippen molar-refractivity contribution in [1.82, 2.24) is 0 Å². The molecule has 1 aliphatic carbocycles. The van der Waals surface area contributed by atoms with Gasteiger partial charge in [-0.1, -0.05) is 45.4 Å². The largest absolute Gasteiger partial charge is 0.293 e. The highest BCUT2D eigenvalue weighted by molar-refractivity contribution is 5.96. The zero-order chi connectivity index (χ0) is 14.3. The molecule has 1 nitrogen and oxygen atoms in total. The maximum atomic E-state index is 4.31. The van der Waals surface area contributed by atoms with Crippen LogP contribution in [0.3, 0.4) is 0 Å². The lowest BCUT2D eigenvalue weighted by Crippen LogP contribution is -2.03. The number of aliphatic imine (C=N–C) groups is 1. The highest BCUT2D eigenvalue weighted by Gasteiger charge is 2.16. The van der Waals surface area contributed by atoms with E-state index < -0.39 is 0 Å². The summed E-state index contributed by atoms with van der Waals surface area (Å²) in [5.74, 6) is 2.13. The molecule has 0 aliphatic heterocycles. The minimum absolute atomic E-state index is 0.535. The molecule has 0 heterocycles. The van der Waals surface area contributed by atoms with Gasteiger partial charge in [0.1, 0.15) is 0 Å². The van der Waals surface area contributed by atoms with Crippen LogP contribution in [0, 0.1) is 17.8 Å². The van der Waals surface area contributed by atoms with Gasteiger partial charge in [-0.05, 0) is 55.9 Å². The first-order valence-corrected chi connectivity index (χ1v) is 7.88. The molecule has 0 amide bonds. The van der Waals surface area contributed by atoms with Gasteiger partial charge in [0.15, 0.2) is 0 Å². The molecular weight excluding hydrogens is 230 g/mol. The van der Waals surface area contributed by atoms with E-state index in [1.54, 1.807) is 5.57 Å². The van der Waals surface area contributed by atoms with E-state index in [1.807, 2.05) is 7.05 Å². The predicted octanol–water partition coefficient (Wildman–Crippen LogP) is 5.43. The lowest BCUT2D eigenvalue weighted by Gasteiger charge is -2.06. The van der Waals surface area contributed by atoms with Crippen molar-refractivity contribution in [3.8, 4) is 0 Å². The third kappa shape index (κ3) is 5.76. The predicted molar refractivity (Wildman–Crippen MR) is 86.8 cm³/mol. The Morgan fingerprint density at radius 3 is 2.63 bits per heavy atom. The minimum Gasteiger partial charge on any atom is -0.293 e. The molecule has 0 fully saturated rings. The zero-order valence-corrected chi connectivity index (χ0v) is 13.4. The van der Waals surface area contributed by atoms with Crippen molar-refractivity contribution in [2.75, 3.05) is 7.05 Å². The second kappa shape index (κ2) is 8.35. The third-order valence-corrected chi connectivity index (χ3v) is 4.08. The zero-order valence-electron chi connectivity index (χ0n) is 13.4. The van der Waals surface area contributed by atoms with Crippen LogP contribution in [0.2, 0.25) is 0 Å². The fourth-order valence-corrected chi connectivity index (χ4v) is 2.76. The van der Waals surface area contributed by atoms with E-state index in [0.29, 0.717) is 5.92 Å². The molecule has 1 aliphatic rings. The van der Waals surface area contributed by atoms with Crippen molar-refractivity contribution < 1.29 is 0 Å². The highest BCUT2D eigenvalue weighted by Crippen LogP contribution is 2.31. The molecular formula is C18H31N. The average molecular weight is 261 g/mol. The minimum atomic E-state index is 0.535. The summed E-state index contributed by atoms with van der Waals surface area (Å²) in [4.78, 5) is 4.31. The van der Waals surface area contributed by atoms with Crippen molar-refractivity contribution in [3.63, 3.8) is 0 Å². The van der Waals surface area contributed by atoms with E-state index >= 15 is 0 Å². The van der Waals surface area contributed by atoms with Gasteiger partial charge in [-0.15, -0.1) is 0 Å². The van der Waals surface area contributed by atoms with E-state index in [4.69, 9.17) is 0 Å². The first-order chi connectivity index (χ1) is 9.04. The van der Waals surface area contributed by atoms with Gasteiger partial charge in [-0.3, -0.25) is 4.99 Å². The number of hydrogen-bond donors (Lipinski definition) is 0. The Morgan fingerprint density at radius 2 is 2.11 bits per heavy atom. The second-order valence-electron chi connectivity index (χ2n) is 6.33. The Morgan fingerprint density at radius 1 is 1.37 bits per heavy atom. The standard InChI is InChI=1S/C18H31N/c1-14(2)17-12-11-16(13-17)9-7-6-8-10-18(19-5)15(3)4/h8,10,13-16H,6-7,9,11-12H2,1-5H3/b10-8-,19-18?. The van der Waals surface area contributed by atoms with Crippen LogP contribution >= 0.6 is 0 Å². The summed E-state index contributed by atoms with van der Waals surface area (Å²) in [7, 11) is 1.89. The van der Waals surface area contributed by atoms with E-state index in [1.165, 1.54) is 37.8 Å².